The van der Waals surface area contributed by atoms with E-state index >= 15 is 0 Å². The van der Waals surface area contributed by atoms with Crippen molar-refractivity contribution in [2.24, 2.45) is 10.9 Å². The van der Waals surface area contributed by atoms with Gasteiger partial charge in [0.15, 0.2) is 5.96 Å². The van der Waals surface area contributed by atoms with Gasteiger partial charge in [0, 0.05) is 18.7 Å². The van der Waals surface area contributed by atoms with Gasteiger partial charge in [-0.25, -0.2) is 4.99 Å². The number of guanidine groups is 1. The Balaban J connectivity index is 0.00000162. The third-order valence-electron chi connectivity index (χ3n) is 3.13. The predicted octanol–water partition coefficient (Wildman–Crippen LogP) is 2.75. The summed E-state index contributed by atoms with van der Waals surface area (Å²) in [5.41, 5.74) is 1.10. The SMILES string of the molecule is CCNC(=NCc1ccoc1)NCC1CCC1.I. The molecular weight excluding hydrogens is 341 g/mol. The third-order valence-corrected chi connectivity index (χ3v) is 3.13. The van der Waals surface area contributed by atoms with Crippen molar-refractivity contribution in [1.82, 2.24) is 10.6 Å². The van der Waals surface area contributed by atoms with Crippen molar-refractivity contribution in [3.05, 3.63) is 24.2 Å². The molecule has 1 saturated carbocycles. The molecule has 1 aromatic rings. The van der Waals surface area contributed by atoms with Gasteiger partial charge in [-0.3, -0.25) is 0 Å². The molecule has 4 nitrogen and oxygen atoms in total. The fourth-order valence-electron chi connectivity index (χ4n) is 1.83. The minimum Gasteiger partial charge on any atom is -0.472 e. The molecule has 0 saturated heterocycles. The maximum Gasteiger partial charge on any atom is 0.191 e. The molecule has 5 heteroatoms. The quantitative estimate of drug-likeness (QED) is 0.481. The van der Waals surface area contributed by atoms with Gasteiger partial charge in [0.2, 0.25) is 0 Å². The summed E-state index contributed by atoms with van der Waals surface area (Å²) in [6.07, 6.45) is 7.51. The lowest BCUT2D eigenvalue weighted by Crippen LogP contribution is -2.40. The topological polar surface area (TPSA) is 49.6 Å². The first-order valence-electron chi connectivity index (χ1n) is 6.41. The van der Waals surface area contributed by atoms with E-state index in [1.165, 1.54) is 19.3 Å². The van der Waals surface area contributed by atoms with E-state index in [4.69, 9.17) is 4.42 Å². The molecule has 102 valence electrons. The molecule has 1 fully saturated rings. The van der Waals surface area contributed by atoms with Crippen LogP contribution in [0.2, 0.25) is 0 Å². The third kappa shape index (κ3) is 4.88. The van der Waals surface area contributed by atoms with Gasteiger partial charge in [-0.1, -0.05) is 6.42 Å². The molecule has 1 aliphatic carbocycles. The van der Waals surface area contributed by atoms with E-state index in [-0.39, 0.29) is 24.0 Å². The fourth-order valence-corrected chi connectivity index (χ4v) is 1.83. The van der Waals surface area contributed by atoms with Crippen LogP contribution in [0.1, 0.15) is 31.7 Å². The summed E-state index contributed by atoms with van der Waals surface area (Å²) in [5, 5.41) is 6.65. The van der Waals surface area contributed by atoms with E-state index in [1.54, 1.807) is 12.5 Å². The Morgan fingerprint density at radius 2 is 2.28 bits per heavy atom. The molecule has 0 atom stereocenters. The van der Waals surface area contributed by atoms with Crippen molar-refractivity contribution in [2.45, 2.75) is 32.7 Å². The number of furan rings is 1. The second-order valence-electron chi connectivity index (χ2n) is 4.50. The number of rotatable bonds is 5. The van der Waals surface area contributed by atoms with Crippen molar-refractivity contribution >= 4 is 29.9 Å². The molecule has 0 unspecified atom stereocenters. The van der Waals surface area contributed by atoms with Gasteiger partial charge in [0.1, 0.15) is 0 Å². The van der Waals surface area contributed by atoms with Crippen LogP contribution in [-0.2, 0) is 6.54 Å². The predicted molar refractivity (Wildman–Crippen MR) is 84.3 cm³/mol. The molecule has 1 heterocycles. The largest absolute Gasteiger partial charge is 0.472 e. The molecule has 0 radical (unpaired) electrons. The molecule has 0 amide bonds. The smallest absolute Gasteiger partial charge is 0.191 e. The Morgan fingerprint density at radius 1 is 1.44 bits per heavy atom. The lowest BCUT2D eigenvalue weighted by molar-refractivity contribution is 0.314. The van der Waals surface area contributed by atoms with Gasteiger partial charge < -0.3 is 15.1 Å². The van der Waals surface area contributed by atoms with E-state index in [2.05, 4.69) is 22.5 Å². The van der Waals surface area contributed by atoms with Gasteiger partial charge in [0.05, 0.1) is 19.1 Å². The average molecular weight is 363 g/mol. The Kier molecular flexibility index (Phi) is 7.15. The zero-order chi connectivity index (χ0) is 11.9. The molecule has 0 aromatic carbocycles. The number of nitrogens with zero attached hydrogens (tertiary/aromatic N) is 1. The maximum absolute atomic E-state index is 5.02. The number of halogens is 1. The lowest BCUT2D eigenvalue weighted by atomic mass is 9.85. The molecule has 1 aromatic heterocycles. The van der Waals surface area contributed by atoms with Crippen molar-refractivity contribution in [3.63, 3.8) is 0 Å². The van der Waals surface area contributed by atoms with Crippen LogP contribution in [0.3, 0.4) is 0 Å². The van der Waals surface area contributed by atoms with Gasteiger partial charge >= 0.3 is 0 Å². The Bertz CT molecular complexity index is 347. The summed E-state index contributed by atoms with van der Waals surface area (Å²) in [7, 11) is 0. The second-order valence-corrected chi connectivity index (χ2v) is 4.50. The van der Waals surface area contributed by atoms with Gasteiger partial charge in [-0.2, -0.15) is 0 Å². The molecule has 0 aliphatic heterocycles. The highest BCUT2D eigenvalue weighted by Gasteiger charge is 2.17. The number of nitrogens with one attached hydrogen (secondary N) is 2. The van der Waals surface area contributed by atoms with E-state index in [1.807, 2.05) is 6.07 Å². The number of hydrogen-bond acceptors (Lipinski definition) is 2. The zero-order valence-corrected chi connectivity index (χ0v) is 13.1. The first-order chi connectivity index (χ1) is 8.38. The average Bonchev–Trinajstić information content (AvgIpc) is 2.76. The maximum atomic E-state index is 5.02. The van der Waals surface area contributed by atoms with Crippen molar-refractivity contribution in [1.29, 1.82) is 0 Å². The van der Waals surface area contributed by atoms with Crippen LogP contribution in [0.25, 0.3) is 0 Å². The first kappa shape index (κ1) is 15.3. The Labute approximate surface area is 126 Å². The standard InChI is InChI=1S/C13H21N3O.HI/c1-2-14-13(15-8-11-4-3-5-11)16-9-12-6-7-17-10-12;/h6-7,10-11H,2-5,8-9H2,1H3,(H2,14,15,16);1H. The zero-order valence-electron chi connectivity index (χ0n) is 10.8. The molecule has 2 N–H and O–H groups in total. The monoisotopic (exact) mass is 363 g/mol. The fraction of sp³-hybridized carbons (Fsp3) is 0.615. The minimum atomic E-state index is 0. The van der Waals surface area contributed by atoms with E-state index in [0.717, 1.165) is 30.5 Å². The van der Waals surface area contributed by atoms with Crippen LogP contribution < -0.4 is 10.6 Å². The lowest BCUT2D eigenvalue weighted by Gasteiger charge is -2.26. The van der Waals surface area contributed by atoms with E-state index < -0.39 is 0 Å². The summed E-state index contributed by atoms with van der Waals surface area (Å²) in [6.45, 7) is 4.67. The molecular formula is C13H22IN3O. The van der Waals surface area contributed by atoms with Gasteiger partial charge in [0.25, 0.3) is 0 Å². The number of aliphatic imine (C=N–C) groups is 1. The van der Waals surface area contributed by atoms with E-state index in [0.29, 0.717) is 6.54 Å². The molecule has 0 bridgehead atoms. The summed E-state index contributed by atoms with van der Waals surface area (Å²) >= 11 is 0. The molecule has 2 rings (SSSR count). The van der Waals surface area contributed by atoms with Crippen molar-refractivity contribution in [3.8, 4) is 0 Å². The van der Waals surface area contributed by atoms with Crippen molar-refractivity contribution in [2.75, 3.05) is 13.1 Å². The van der Waals surface area contributed by atoms with Crippen LogP contribution in [0.15, 0.2) is 28.0 Å². The van der Waals surface area contributed by atoms with Gasteiger partial charge in [-0.05, 0) is 31.7 Å². The van der Waals surface area contributed by atoms with E-state index in [9.17, 15) is 0 Å². The Hall–Kier alpha value is -0.720. The van der Waals surface area contributed by atoms with Crippen molar-refractivity contribution < 1.29 is 4.42 Å². The van der Waals surface area contributed by atoms with Crippen LogP contribution in [0.5, 0.6) is 0 Å². The Morgan fingerprint density at radius 3 is 2.83 bits per heavy atom. The van der Waals surface area contributed by atoms with Crippen LogP contribution in [-0.4, -0.2) is 19.0 Å². The highest BCUT2D eigenvalue weighted by atomic mass is 127. The first-order valence-corrected chi connectivity index (χ1v) is 6.41. The van der Waals surface area contributed by atoms with Crippen LogP contribution >= 0.6 is 24.0 Å². The van der Waals surface area contributed by atoms with Gasteiger partial charge in [-0.15, -0.1) is 24.0 Å². The molecule has 0 spiro atoms. The summed E-state index contributed by atoms with van der Waals surface area (Å²) < 4.78 is 5.02. The van der Waals surface area contributed by atoms with Crippen LogP contribution in [0.4, 0.5) is 0 Å². The summed E-state index contributed by atoms with van der Waals surface area (Å²) in [5.74, 6) is 1.74. The minimum absolute atomic E-state index is 0. The highest BCUT2D eigenvalue weighted by molar-refractivity contribution is 14.0. The summed E-state index contributed by atoms with van der Waals surface area (Å²) in [6, 6.07) is 1.94. The second kappa shape index (κ2) is 8.39. The number of hydrogen-bond donors (Lipinski definition) is 2. The highest BCUT2D eigenvalue weighted by Crippen LogP contribution is 2.24. The summed E-state index contributed by atoms with van der Waals surface area (Å²) in [4.78, 5) is 4.52. The normalized spacial score (nSPS) is 15.7. The molecule has 18 heavy (non-hydrogen) atoms. The van der Waals surface area contributed by atoms with Crippen LogP contribution in [0, 0.1) is 5.92 Å². The molecule has 1 aliphatic rings.